The van der Waals surface area contributed by atoms with E-state index in [0.717, 1.165) is 23.4 Å². The monoisotopic (exact) mass is 289 g/mol. The van der Waals surface area contributed by atoms with Crippen molar-refractivity contribution in [3.8, 4) is 17.6 Å². The summed E-state index contributed by atoms with van der Waals surface area (Å²) in [7, 11) is 1.92. The van der Waals surface area contributed by atoms with E-state index in [1.165, 1.54) is 0 Å². The van der Waals surface area contributed by atoms with Gasteiger partial charge in [-0.3, -0.25) is 9.67 Å². The highest BCUT2D eigenvalue weighted by molar-refractivity contribution is 6.18. The molecule has 0 amide bonds. The van der Waals surface area contributed by atoms with Crippen LogP contribution in [-0.2, 0) is 13.5 Å². The fourth-order valence-corrected chi connectivity index (χ4v) is 1.79. The number of pyridine rings is 1. The molecule has 0 N–H and O–H groups in total. The standard InChI is InChI=1S/C15H16ClN3O/c1-19-14(5-8-18-19)6-9-20-15-10-13(11-17-12-15)4-2-3-7-16/h5,8,10-12H,3,6-7,9H2,1H3. The number of aromatic nitrogens is 3. The van der Waals surface area contributed by atoms with Crippen molar-refractivity contribution < 1.29 is 4.74 Å². The summed E-state index contributed by atoms with van der Waals surface area (Å²) in [5, 5.41) is 4.12. The first-order valence-electron chi connectivity index (χ1n) is 6.39. The Balaban J connectivity index is 1.89. The van der Waals surface area contributed by atoms with E-state index >= 15 is 0 Å². The highest BCUT2D eigenvalue weighted by atomic mass is 35.5. The molecule has 2 aromatic heterocycles. The van der Waals surface area contributed by atoms with E-state index in [4.69, 9.17) is 16.3 Å². The summed E-state index contributed by atoms with van der Waals surface area (Å²) in [5.41, 5.74) is 1.98. The second-order valence-corrected chi connectivity index (χ2v) is 4.57. The lowest BCUT2D eigenvalue weighted by atomic mass is 10.2. The summed E-state index contributed by atoms with van der Waals surface area (Å²) in [4.78, 5) is 4.12. The Morgan fingerprint density at radius 3 is 3.05 bits per heavy atom. The molecule has 0 radical (unpaired) electrons. The summed E-state index contributed by atoms with van der Waals surface area (Å²) in [6.07, 6.45) is 6.67. The first kappa shape index (κ1) is 14.4. The molecular weight excluding hydrogens is 274 g/mol. The van der Waals surface area contributed by atoms with E-state index in [2.05, 4.69) is 21.9 Å². The molecule has 2 heterocycles. The van der Waals surface area contributed by atoms with Gasteiger partial charge in [0, 0.05) is 49.4 Å². The van der Waals surface area contributed by atoms with Gasteiger partial charge in [-0.1, -0.05) is 11.8 Å². The highest BCUT2D eigenvalue weighted by Crippen LogP contribution is 2.11. The summed E-state index contributed by atoms with van der Waals surface area (Å²) in [6.45, 7) is 0.583. The van der Waals surface area contributed by atoms with Gasteiger partial charge in [-0.2, -0.15) is 5.10 Å². The second kappa shape index (κ2) is 7.56. The smallest absolute Gasteiger partial charge is 0.138 e. The van der Waals surface area contributed by atoms with Gasteiger partial charge in [-0.25, -0.2) is 0 Å². The Morgan fingerprint density at radius 2 is 2.30 bits per heavy atom. The summed E-state index contributed by atoms with van der Waals surface area (Å²) in [6, 6.07) is 3.87. The van der Waals surface area contributed by atoms with Crippen molar-refractivity contribution in [1.29, 1.82) is 0 Å². The predicted molar refractivity (Wildman–Crippen MR) is 78.9 cm³/mol. The fraction of sp³-hybridized carbons (Fsp3) is 0.333. The number of hydrogen-bond acceptors (Lipinski definition) is 3. The zero-order chi connectivity index (χ0) is 14.2. The van der Waals surface area contributed by atoms with Crippen molar-refractivity contribution in [2.45, 2.75) is 12.8 Å². The Bertz CT molecular complexity index is 613. The first-order chi connectivity index (χ1) is 9.79. The van der Waals surface area contributed by atoms with Gasteiger partial charge >= 0.3 is 0 Å². The molecule has 2 aromatic rings. The maximum atomic E-state index is 5.68. The molecule has 2 rings (SSSR count). The Hall–Kier alpha value is -1.99. The normalized spacial score (nSPS) is 9.90. The van der Waals surface area contributed by atoms with Crippen LogP contribution in [0.25, 0.3) is 0 Å². The molecule has 0 bridgehead atoms. The summed E-state index contributed by atoms with van der Waals surface area (Å²) in [5.74, 6) is 7.25. The van der Waals surface area contributed by atoms with Crippen molar-refractivity contribution in [3.63, 3.8) is 0 Å². The van der Waals surface area contributed by atoms with E-state index in [1.54, 1.807) is 18.6 Å². The third-order valence-electron chi connectivity index (χ3n) is 2.71. The number of hydrogen-bond donors (Lipinski definition) is 0. The van der Waals surface area contributed by atoms with Gasteiger partial charge in [0.25, 0.3) is 0 Å². The lowest BCUT2D eigenvalue weighted by molar-refractivity contribution is 0.317. The van der Waals surface area contributed by atoms with Gasteiger partial charge in [0.15, 0.2) is 0 Å². The lowest BCUT2D eigenvalue weighted by Gasteiger charge is -2.06. The summed E-state index contributed by atoms with van der Waals surface area (Å²) >= 11 is 5.58. The molecule has 5 heteroatoms. The van der Waals surface area contributed by atoms with E-state index in [1.807, 2.05) is 23.9 Å². The number of halogens is 1. The Kier molecular flexibility index (Phi) is 5.45. The van der Waals surface area contributed by atoms with Crippen LogP contribution in [0.4, 0.5) is 0 Å². The molecular formula is C15H16ClN3O. The topological polar surface area (TPSA) is 39.9 Å². The van der Waals surface area contributed by atoms with Gasteiger partial charge in [0.1, 0.15) is 5.75 Å². The molecule has 0 aliphatic rings. The molecule has 4 nitrogen and oxygen atoms in total. The Labute approximate surface area is 123 Å². The minimum atomic E-state index is 0.543. The largest absolute Gasteiger partial charge is 0.492 e. The van der Waals surface area contributed by atoms with Gasteiger partial charge in [0.05, 0.1) is 12.8 Å². The van der Waals surface area contributed by atoms with Gasteiger partial charge in [-0.05, 0) is 12.1 Å². The molecule has 0 unspecified atom stereocenters. The maximum absolute atomic E-state index is 5.68. The number of aryl methyl sites for hydroxylation is 1. The van der Waals surface area contributed by atoms with Crippen molar-refractivity contribution in [1.82, 2.24) is 14.8 Å². The van der Waals surface area contributed by atoms with Crippen molar-refractivity contribution in [2.75, 3.05) is 12.5 Å². The molecule has 0 fully saturated rings. The average molecular weight is 290 g/mol. The first-order valence-corrected chi connectivity index (χ1v) is 6.92. The van der Waals surface area contributed by atoms with Crippen LogP contribution < -0.4 is 4.74 Å². The minimum Gasteiger partial charge on any atom is -0.492 e. The second-order valence-electron chi connectivity index (χ2n) is 4.19. The molecule has 0 aliphatic heterocycles. The van der Waals surface area contributed by atoms with Crippen LogP contribution in [0.3, 0.4) is 0 Å². The zero-order valence-corrected chi connectivity index (χ0v) is 12.1. The lowest BCUT2D eigenvalue weighted by Crippen LogP contribution is -2.06. The van der Waals surface area contributed by atoms with Gasteiger partial charge in [-0.15, -0.1) is 11.6 Å². The number of rotatable bonds is 5. The average Bonchev–Trinajstić information content (AvgIpc) is 2.85. The van der Waals surface area contributed by atoms with Crippen LogP contribution in [0.15, 0.2) is 30.7 Å². The quantitative estimate of drug-likeness (QED) is 0.627. The molecule has 0 spiro atoms. The molecule has 104 valence electrons. The third kappa shape index (κ3) is 4.29. The van der Waals surface area contributed by atoms with Gasteiger partial charge in [0.2, 0.25) is 0 Å². The molecule has 0 aromatic carbocycles. The SMILES string of the molecule is Cn1nccc1CCOc1cncc(C#CCCCl)c1. The minimum absolute atomic E-state index is 0.543. The van der Waals surface area contributed by atoms with E-state index in [-0.39, 0.29) is 0 Å². The fourth-order valence-electron chi connectivity index (χ4n) is 1.70. The van der Waals surface area contributed by atoms with Crippen molar-refractivity contribution >= 4 is 11.6 Å². The number of alkyl halides is 1. The van der Waals surface area contributed by atoms with Crippen LogP contribution in [0.2, 0.25) is 0 Å². The van der Waals surface area contributed by atoms with E-state index in [0.29, 0.717) is 18.9 Å². The van der Waals surface area contributed by atoms with Crippen LogP contribution >= 0.6 is 11.6 Å². The number of nitrogens with zero attached hydrogens (tertiary/aromatic N) is 3. The molecule has 0 atom stereocenters. The van der Waals surface area contributed by atoms with E-state index in [9.17, 15) is 0 Å². The van der Waals surface area contributed by atoms with Crippen molar-refractivity contribution in [2.24, 2.45) is 7.05 Å². The third-order valence-corrected chi connectivity index (χ3v) is 2.90. The van der Waals surface area contributed by atoms with Crippen LogP contribution in [-0.4, -0.2) is 27.3 Å². The highest BCUT2D eigenvalue weighted by Gasteiger charge is 2.00. The van der Waals surface area contributed by atoms with Gasteiger partial charge < -0.3 is 4.74 Å². The Morgan fingerprint density at radius 1 is 1.40 bits per heavy atom. The molecule has 20 heavy (non-hydrogen) atoms. The predicted octanol–water partition coefficient (Wildman–Crippen LogP) is 2.42. The number of ether oxygens (including phenoxy) is 1. The molecule has 0 aliphatic carbocycles. The van der Waals surface area contributed by atoms with Crippen molar-refractivity contribution in [3.05, 3.63) is 42.0 Å². The molecule has 0 saturated heterocycles. The maximum Gasteiger partial charge on any atom is 0.138 e. The summed E-state index contributed by atoms with van der Waals surface area (Å²) < 4.78 is 7.53. The van der Waals surface area contributed by atoms with Crippen LogP contribution in [0, 0.1) is 11.8 Å². The van der Waals surface area contributed by atoms with Crippen LogP contribution in [0.5, 0.6) is 5.75 Å². The van der Waals surface area contributed by atoms with E-state index < -0.39 is 0 Å². The zero-order valence-electron chi connectivity index (χ0n) is 11.3. The molecule has 0 saturated carbocycles. The van der Waals surface area contributed by atoms with Crippen LogP contribution in [0.1, 0.15) is 17.7 Å².